The van der Waals surface area contributed by atoms with Crippen molar-refractivity contribution < 1.29 is 14.3 Å². The molecular formula is C25H19N3O3S2. The van der Waals surface area contributed by atoms with Crippen molar-refractivity contribution in [1.29, 1.82) is 0 Å². The number of esters is 1. The quantitative estimate of drug-likeness (QED) is 0.385. The van der Waals surface area contributed by atoms with Crippen molar-refractivity contribution in [2.75, 3.05) is 17.0 Å². The molecule has 1 spiro atoms. The van der Waals surface area contributed by atoms with Crippen LogP contribution in [-0.4, -0.2) is 28.4 Å². The summed E-state index contributed by atoms with van der Waals surface area (Å²) in [5.74, 6) is -0.704. The number of anilines is 2. The molecule has 1 fully saturated rings. The van der Waals surface area contributed by atoms with Crippen molar-refractivity contribution in [1.82, 2.24) is 0 Å². The van der Waals surface area contributed by atoms with Crippen LogP contribution in [0.15, 0.2) is 101 Å². The lowest BCUT2D eigenvalue weighted by atomic mass is 10.2. The number of para-hydroxylation sites is 2. The van der Waals surface area contributed by atoms with E-state index < -0.39 is 10.3 Å². The molecule has 0 radical (unpaired) electrons. The minimum Gasteiger partial charge on any atom is -0.464 e. The summed E-state index contributed by atoms with van der Waals surface area (Å²) in [5, 5.41) is 6.52. The molecule has 164 valence electrons. The second kappa shape index (κ2) is 8.80. The van der Waals surface area contributed by atoms with Gasteiger partial charge in [-0.15, -0.1) is 0 Å². The third-order valence-corrected chi connectivity index (χ3v) is 7.80. The molecule has 6 nitrogen and oxygen atoms in total. The smallest absolute Gasteiger partial charge is 0.365 e. The molecule has 0 unspecified atom stereocenters. The number of rotatable bonds is 4. The molecule has 2 aliphatic rings. The highest BCUT2D eigenvalue weighted by Gasteiger charge is 2.60. The van der Waals surface area contributed by atoms with Gasteiger partial charge in [0.2, 0.25) is 9.37 Å². The molecule has 1 atom stereocenters. The van der Waals surface area contributed by atoms with Gasteiger partial charge in [-0.3, -0.25) is 9.69 Å². The van der Waals surface area contributed by atoms with Gasteiger partial charge >= 0.3 is 5.97 Å². The van der Waals surface area contributed by atoms with Crippen LogP contribution in [0, 0.1) is 0 Å². The number of methoxy groups -OCH3 is 1. The molecule has 8 heteroatoms. The molecule has 33 heavy (non-hydrogen) atoms. The Hall–Kier alpha value is -3.49. The predicted molar refractivity (Wildman–Crippen MR) is 135 cm³/mol. The average Bonchev–Trinajstić information content (AvgIpc) is 3.37. The highest BCUT2D eigenvalue weighted by molar-refractivity contribution is 8.29. The summed E-state index contributed by atoms with van der Waals surface area (Å²) >= 11 is 2.57. The number of ether oxygens (including phenoxy) is 1. The lowest BCUT2D eigenvalue weighted by molar-refractivity contribution is -0.132. The summed E-state index contributed by atoms with van der Waals surface area (Å²) in [4.78, 5) is 28.6. The van der Waals surface area contributed by atoms with Crippen molar-refractivity contribution in [2.45, 2.75) is 4.33 Å². The van der Waals surface area contributed by atoms with Gasteiger partial charge in [-0.2, -0.15) is 5.10 Å². The Morgan fingerprint density at radius 1 is 0.879 bits per heavy atom. The van der Waals surface area contributed by atoms with Crippen LogP contribution in [0.4, 0.5) is 11.4 Å². The second-order valence-corrected chi connectivity index (χ2v) is 9.82. The van der Waals surface area contributed by atoms with Crippen molar-refractivity contribution in [3.05, 3.63) is 101 Å². The molecule has 3 aromatic carbocycles. The van der Waals surface area contributed by atoms with E-state index in [2.05, 4.69) is 5.10 Å². The van der Waals surface area contributed by atoms with E-state index >= 15 is 0 Å². The monoisotopic (exact) mass is 473 g/mol. The topological polar surface area (TPSA) is 62.2 Å². The third kappa shape index (κ3) is 3.81. The van der Waals surface area contributed by atoms with E-state index in [-0.39, 0.29) is 11.0 Å². The number of hydrogen-bond donors (Lipinski definition) is 0. The SMILES string of the molecule is COC(=O)C1=NN(c2ccccc2)[C@@]2(S1)S/C(=C\c1ccccc1)C(=O)N2c1ccccc1. The van der Waals surface area contributed by atoms with Gasteiger partial charge in [0, 0.05) is 5.69 Å². The molecule has 0 N–H and O–H groups in total. The molecule has 0 saturated carbocycles. The van der Waals surface area contributed by atoms with Crippen LogP contribution in [-0.2, 0) is 14.3 Å². The van der Waals surface area contributed by atoms with E-state index in [0.29, 0.717) is 10.6 Å². The van der Waals surface area contributed by atoms with Crippen molar-refractivity contribution >= 4 is 57.9 Å². The molecule has 0 aliphatic carbocycles. The first kappa shape index (κ1) is 21.4. The van der Waals surface area contributed by atoms with Crippen LogP contribution >= 0.6 is 23.5 Å². The number of carbonyl (C=O) groups is 2. The number of hydrazone groups is 1. The lowest BCUT2D eigenvalue weighted by Crippen LogP contribution is -2.51. The fourth-order valence-corrected chi connectivity index (χ4v) is 6.53. The van der Waals surface area contributed by atoms with Crippen molar-refractivity contribution in [2.24, 2.45) is 5.10 Å². The van der Waals surface area contributed by atoms with Gasteiger partial charge in [-0.05, 0) is 47.7 Å². The summed E-state index contributed by atoms with van der Waals surface area (Å²) in [6, 6.07) is 28.6. The summed E-state index contributed by atoms with van der Waals surface area (Å²) in [6.45, 7) is 0. The molecule has 2 heterocycles. The van der Waals surface area contributed by atoms with Crippen LogP contribution in [0.3, 0.4) is 0 Å². The van der Waals surface area contributed by atoms with Crippen LogP contribution in [0.2, 0.25) is 0 Å². The van der Waals surface area contributed by atoms with Gasteiger partial charge in [0.1, 0.15) is 0 Å². The summed E-state index contributed by atoms with van der Waals surface area (Å²) in [6.07, 6.45) is 1.87. The van der Waals surface area contributed by atoms with E-state index in [4.69, 9.17) is 4.74 Å². The van der Waals surface area contributed by atoms with Crippen molar-refractivity contribution in [3.8, 4) is 0 Å². The zero-order valence-electron chi connectivity index (χ0n) is 17.6. The molecule has 2 aliphatic heterocycles. The van der Waals surface area contributed by atoms with E-state index in [1.807, 2.05) is 97.1 Å². The van der Waals surface area contributed by atoms with E-state index in [1.165, 1.54) is 30.6 Å². The molecule has 3 aromatic rings. The maximum absolute atomic E-state index is 13.8. The minimum atomic E-state index is -1.07. The Balaban J connectivity index is 1.68. The largest absolute Gasteiger partial charge is 0.464 e. The Morgan fingerprint density at radius 3 is 2.06 bits per heavy atom. The summed E-state index contributed by atoms with van der Waals surface area (Å²) in [7, 11) is 1.33. The van der Waals surface area contributed by atoms with Gasteiger partial charge in [0.25, 0.3) is 5.91 Å². The first-order valence-corrected chi connectivity index (χ1v) is 11.8. The third-order valence-electron chi connectivity index (χ3n) is 5.10. The fourth-order valence-electron chi connectivity index (χ4n) is 3.63. The predicted octanol–water partition coefficient (Wildman–Crippen LogP) is 5.16. The Bertz CT molecular complexity index is 1250. The number of benzene rings is 3. The van der Waals surface area contributed by atoms with Gasteiger partial charge in [0.05, 0.1) is 17.7 Å². The first-order chi connectivity index (χ1) is 16.1. The number of hydrogen-bond acceptors (Lipinski definition) is 7. The van der Waals surface area contributed by atoms with Gasteiger partial charge in [0.15, 0.2) is 0 Å². The highest BCUT2D eigenvalue weighted by atomic mass is 32.2. The van der Waals surface area contributed by atoms with Crippen LogP contribution in [0.1, 0.15) is 5.56 Å². The van der Waals surface area contributed by atoms with Crippen LogP contribution in [0.5, 0.6) is 0 Å². The average molecular weight is 474 g/mol. The van der Waals surface area contributed by atoms with Crippen molar-refractivity contribution in [3.63, 3.8) is 0 Å². The standard InChI is InChI=1S/C25H19N3O3S2/c1-31-24(30)22-26-28(20-15-9-4-10-16-20)25(33-22)27(19-13-7-3-8-14-19)23(29)21(32-25)17-18-11-5-2-6-12-18/h2-17H,1H3/b21-17-/t25-/m1/s1. The molecule has 1 amide bonds. The molecule has 1 saturated heterocycles. The number of nitrogens with zero attached hydrogens (tertiary/aromatic N) is 3. The number of thioether (sulfide) groups is 2. The van der Waals surface area contributed by atoms with E-state index in [9.17, 15) is 9.59 Å². The molecule has 5 rings (SSSR count). The highest BCUT2D eigenvalue weighted by Crippen LogP contribution is 2.59. The number of amides is 1. The lowest BCUT2D eigenvalue weighted by Gasteiger charge is -2.38. The number of carbonyl (C=O) groups excluding carboxylic acids is 2. The maximum atomic E-state index is 13.8. The molecule has 0 aromatic heterocycles. The first-order valence-electron chi connectivity index (χ1n) is 10.2. The molecule has 0 bridgehead atoms. The van der Waals surface area contributed by atoms with Crippen LogP contribution < -0.4 is 9.91 Å². The normalized spacial score (nSPS) is 21.1. The minimum absolute atomic E-state index is 0.162. The Labute approximate surface area is 199 Å². The molecular weight excluding hydrogens is 454 g/mol. The van der Waals surface area contributed by atoms with Gasteiger partial charge in [-0.1, -0.05) is 78.5 Å². The summed E-state index contributed by atoms with van der Waals surface area (Å²) < 4.78 is 3.90. The zero-order valence-corrected chi connectivity index (χ0v) is 19.3. The van der Waals surface area contributed by atoms with Gasteiger partial charge in [-0.25, -0.2) is 9.80 Å². The maximum Gasteiger partial charge on any atom is 0.365 e. The Kier molecular flexibility index (Phi) is 5.70. The van der Waals surface area contributed by atoms with Crippen LogP contribution in [0.25, 0.3) is 6.08 Å². The second-order valence-electron chi connectivity index (χ2n) is 7.19. The van der Waals surface area contributed by atoms with Gasteiger partial charge < -0.3 is 4.74 Å². The summed E-state index contributed by atoms with van der Waals surface area (Å²) in [5.41, 5.74) is 2.38. The Morgan fingerprint density at radius 2 is 1.45 bits per heavy atom. The zero-order chi connectivity index (χ0) is 22.8. The van der Waals surface area contributed by atoms with E-state index in [0.717, 1.165) is 11.3 Å². The fraction of sp³-hybridized carbons (Fsp3) is 0.0800. The van der Waals surface area contributed by atoms with E-state index in [1.54, 1.807) is 9.91 Å².